The first-order valence-electron chi connectivity index (χ1n) is 11.5. The Morgan fingerprint density at radius 2 is 1.04 bits per heavy atom. The van der Waals surface area contributed by atoms with Gasteiger partial charge in [0, 0.05) is 0 Å². The zero-order valence-corrected chi connectivity index (χ0v) is 18.8. The van der Waals surface area contributed by atoms with Gasteiger partial charge >= 0.3 is 0 Å². The van der Waals surface area contributed by atoms with Crippen molar-refractivity contribution < 1.29 is 0 Å². The van der Waals surface area contributed by atoms with E-state index in [0.29, 0.717) is 0 Å². The molecule has 0 radical (unpaired) electrons. The molecular formula is C23H49P. The Morgan fingerprint density at radius 3 is 1.62 bits per heavy atom. The lowest BCUT2D eigenvalue weighted by Gasteiger charge is -2.32. The van der Waals surface area contributed by atoms with Gasteiger partial charge in [-0.15, -0.1) is 9.24 Å². The average Bonchev–Trinajstić information content (AvgIpc) is 2.58. The summed E-state index contributed by atoms with van der Waals surface area (Å²) in [4.78, 5) is 0. The monoisotopic (exact) mass is 356 g/mol. The van der Waals surface area contributed by atoms with E-state index in [4.69, 9.17) is 0 Å². The van der Waals surface area contributed by atoms with Crippen LogP contribution in [0, 0.1) is 11.8 Å². The summed E-state index contributed by atoms with van der Waals surface area (Å²) in [5.74, 6) is 1.94. The van der Waals surface area contributed by atoms with E-state index in [1.54, 1.807) is 0 Å². The van der Waals surface area contributed by atoms with Crippen LogP contribution in [0.4, 0.5) is 0 Å². The molecule has 0 fully saturated rings. The van der Waals surface area contributed by atoms with Crippen LogP contribution in [-0.4, -0.2) is 5.66 Å². The molecule has 0 aromatic rings. The minimum Gasteiger partial charge on any atom is -0.134 e. The molecule has 0 nitrogen and oxygen atoms in total. The molecule has 4 unspecified atom stereocenters. The molecule has 0 bridgehead atoms. The summed E-state index contributed by atoms with van der Waals surface area (Å²) in [7, 11) is 3.28. The molecule has 0 aliphatic carbocycles. The predicted molar refractivity (Wildman–Crippen MR) is 117 cm³/mol. The van der Waals surface area contributed by atoms with Crippen molar-refractivity contribution in [2.75, 3.05) is 0 Å². The van der Waals surface area contributed by atoms with E-state index >= 15 is 0 Å². The molecule has 24 heavy (non-hydrogen) atoms. The van der Waals surface area contributed by atoms with E-state index in [2.05, 4.69) is 36.9 Å². The molecule has 0 saturated heterocycles. The van der Waals surface area contributed by atoms with Crippen molar-refractivity contribution in [2.24, 2.45) is 11.8 Å². The summed E-state index contributed by atoms with van der Waals surface area (Å²) in [6, 6.07) is 0. The molecule has 0 heterocycles. The molecule has 0 spiro atoms. The third-order valence-electron chi connectivity index (χ3n) is 5.78. The fourth-order valence-electron chi connectivity index (χ4n) is 4.21. The van der Waals surface area contributed by atoms with Gasteiger partial charge in [0.2, 0.25) is 0 Å². The van der Waals surface area contributed by atoms with Crippen molar-refractivity contribution in [1.82, 2.24) is 0 Å². The van der Waals surface area contributed by atoms with Crippen LogP contribution in [0.25, 0.3) is 0 Å². The van der Waals surface area contributed by atoms with E-state index < -0.39 is 0 Å². The predicted octanol–water partition coefficient (Wildman–Crippen LogP) is 8.78. The zero-order chi connectivity index (χ0) is 18.0. The van der Waals surface area contributed by atoms with Gasteiger partial charge in [-0.3, -0.25) is 0 Å². The summed E-state index contributed by atoms with van der Waals surface area (Å²) in [6.07, 6.45) is 22.9. The third-order valence-corrected chi connectivity index (χ3v) is 6.60. The maximum absolute atomic E-state index is 3.28. The summed E-state index contributed by atoms with van der Waals surface area (Å²) < 4.78 is 0. The Kier molecular flexibility index (Phi) is 18.6. The maximum atomic E-state index is 3.28. The van der Waals surface area contributed by atoms with Crippen LogP contribution in [0.15, 0.2) is 0 Å². The Hall–Kier alpha value is 0.430. The van der Waals surface area contributed by atoms with Crippen LogP contribution in [-0.2, 0) is 0 Å². The number of unbranched alkanes of at least 4 members (excludes halogenated alkanes) is 8. The van der Waals surface area contributed by atoms with E-state index in [1.165, 1.54) is 103 Å². The fourth-order valence-corrected chi connectivity index (χ4v) is 4.96. The number of hydrogen-bond donors (Lipinski definition) is 0. The second-order valence-corrected chi connectivity index (χ2v) is 8.93. The quantitative estimate of drug-likeness (QED) is 0.170. The van der Waals surface area contributed by atoms with Crippen LogP contribution in [0.5, 0.6) is 0 Å². The Labute approximate surface area is 157 Å². The zero-order valence-electron chi connectivity index (χ0n) is 17.6. The first kappa shape index (κ1) is 24.4. The van der Waals surface area contributed by atoms with Crippen LogP contribution in [0.2, 0.25) is 0 Å². The Morgan fingerprint density at radius 1 is 0.500 bits per heavy atom. The molecule has 0 aliphatic heterocycles. The standard InChI is InChI=1S/C23H49P/c1-5-9-12-14-16-20-23(24)22(19-15-13-10-6-2)21(17-8-4)18-11-7-3/h21-23H,5-20,24H2,1-4H3. The Balaban J connectivity index is 4.49. The molecule has 0 saturated carbocycles. The summed E-state index contributed by atoms with van der Waals surface area (Å²) in [6.45, 7) is 9.38. The molecule has 0 aromatic heterocycles. The van der Waals surface area contributed by atoms with Gasteiger partial charge in [0.05, 0.1) is 0 Å². The highest BCUT2D eigenvalue weighted by Gasteiger charge is 2.25. The van der Waals surface area contributed by atoms with Gasteiger partial charge in [0.15, 0.2) is 0 Å². The molecule has 0 aliphatic rings. The Bertz CT molecular complexity index is 238. The first-order valence-corrected chi connectivity index (χ1v) is 12.1. The van der Waals surface area contributed by atoms with Crippen molar-refractivity contribution in [2.45, 2.75) is 136 Å². The third kappa shape index (κ3) is 12.7. The minimum atomic E-state index is 0.863. The summed E-state index contributed by atoms with van der Waals surface area (Å²) in [5, 5.41) is 0. The minimum absolute atomic E-state index is 0.863. The number of hydrogen-bond acceptors (Lipinski definition) is 0. The van der Waals surface area contributed by atoms with Gasteiger partial charge in [0.25, 0.3) is 0 Å². The van der Waals surface area contributed by atoms with Gasteiger partial charge in [0.1, 0.15) is 0 Å². The van der Waals surface area contributed by atoms with E-state index in [1.807, 2.05) is 0 Å². The van der Waals surface area contributed by atoms with Crippen molar-refractivity contribution in [3.63, 3.8) is 0 Å². The molecule has 0 amide bonds. The van der Waals surface area contributed by atoms with Gasteiger partial charge in [-0.25, -0.2) is 0 Å². The summed E-state index contributed by atoms with van der Waals surface area (Å²) in [5.41, 5.74) is 0.863. The van der Waals surface area contributed by atoms with Crippen LogP contribution >= 0.6 is 9.24 Å². The molecule has 0 aromatic carbocycles. The van der Waals surface area contributed by atoms with Crippen molar-refractivity contribution in [3.05, 3.63) is 0 Å². The second kappa shape index (κ2) is 18.2. The van der Waals surface area contributed by atoms with Gasteiger partial charge in [-0.2, -0.15) is 0 Å². The molecular weight excluding hydrogens is 307 g/mol. The second-order valence-electron chi connectivity index (χ2n) is 8.07. The van der Waals surface area contributed by atoms with Gasteiger partial charge < -0.3 is 0 Å². The topological polar surface area (TPSA) is 0 Å². The lowest BCUT2D eigenvalue weighted by molar-refractivity contribution is 0.249. The first-order chi connectivity index (χ1) is 11.7. The maximum Gasteiger partial charge on any atom is -0.0233 e. The largest absolute Gasteiger partial charge is 0.134 e. The molecule has 146 valence electrons. The van der Waals surface area contributed by atoms with E-state index in [-0.39, 0.29) is 0 Å². The van der Waals surface area contributed by atoms with Crippen molar-refractivity contribution in [3.8, 4) is 0 Å². The van der Waals surface area contributed by atoms with Crippen molar-refractivity contribution in [1.29, 1.82) is 0 Å². The number of rotatable bonds is 18. The highest BCUT2D eigenvalue weighted by atomic mass is 31.0. The molecule has 1 heteroatoms. The van der Waals surface area contributed by atoms with Crippen LogP contribution in [0.3, 0.4) is 0 Å². The highest BCUT2D eigenvalue weighted by molar-refractivity contribution is 7.17. The fraction of sp³-hybridized carbons (Fsp3) is 1.00. The van der Waals surface area contributed by atoms with Gasteiger partial charge in [-0.05, 0) is 30.3 Å². The highest BCUT2D eigenvalue weighted by Crippen LogP contribution is 2.36. The van der Waals surface area contributed by atoms with Gasteiger partial charge in [-0.1, -0.05) is 118 Å². The van der Waals surface area contributed by atoms with E-state index in [0.717, 1.165) is 17.5 Å². The SMILES string of the molecule is CCCCCCCC(P)C(CCCCCC)C(CCC)CCCC. The molecule has 0 rings (SSSR count). The van der Waals surface area contributed by atoms with Crippen molar-refractivity contribution >= 4 is 9.24 Å². The van der Waals surface area contributed by atoms with E-state index in [9.17, 15) is 0 Å². The average molecular weight is 357 g/mol. The molecule has 4 atom stereocenters. The lowest BCUT2D eigenvalue weighted by atomic mass is 9.78. The van der Waals surface area contributed by atoms with Crippen LogP contribution in [0.1, 0.15) is 130 Å². The molecule has 0 N–H and O–H groups in total. The summed E-state index contributed by atoms with van der Waals surface area (Å²) >= 11 is 0. The lowest BCUT2D eigenvalue weighted by Crippen LogP contribution is -2.24. The smallest absolute Gasteiger partial charge is 0.0233 e. The van der Waals surface area contributed by atoms with Crippen LogP contribution < -0.4 is 0 Å². The normalized spacial score (nSPS) is 15.4.